The summed E-state index contributed by atoms with van der Waals surface area (Å²) >= 11 is 6.27. The van der Waals surface area contributed by atoms with Crippen LogP contribution in [0.2, 0.25) is 5.02 Å². The van der Waals surface area contributed by atoms with Gasteiger partial charge in [-0.05, 0) is 56.7 Å². The lowest BCUT2D eigenvalue weighted by molar-refractivity contribution is -0.119. The molecule has 162 valence electrons. The van der Waals surface area contributed by atoms with Crippen LogP contribution in [0.15, 0.2) is 60.0 Å². The largest absolute Gasteiger partial charge is 0.323 e. The lowest BCUT2D eigenvalue weighted by atomic mass is 10.2. The van der Waals surface area contributed by atoms with Crippen molar-refractivity contribution in [2.45, 2.75) is 26.8 Å². The van der Waals surface area contributed by atoms with Crippen molar-refractivity contribution < 1.29 is 13.2 Å². The molecular formula is C22H23ClN4O3S. The van der Waals surface area contributed by atoms with Gasteiger partial charge in [-0.1, -0.05) is 41.9 Å². The molecule has 0 fully saturated rings. The zero-order chi connectivity index (χ0) is 22.6. The number of nitrogens with zero attached hydrogens (tertiary/aromatic N) is 2. The van der Waals surface area contributed by atoms with Crippen molar-refractivity contribution in [2.75, 3.05) is 10.0 Å². The third-order valence-electron chi connectivity index (χ3n) is 4.52. The van der Waals surface area contributed by atoms with Gasteiger partial charge >= 0.3 is 0 Å². The first kappa shape index (κ1) is 22.6. The Morgan fingerprint density at radius 3 is 2.45 bits per heavy atom. The van der Waals surface area contributed by atoms with Crippen molar-refractivity contribution in [3.8, 4) is 0 Å². The normalized spacial score (nSPS) is 12.6. The van der Waals surface area contributed by atoms with Crippen LogP contribution in [0.5, 0.6) is 0 Å². The molecule has 0 aliphatic rings. The van der Waals surface area contributed by atoms with Crippen LogP contribution < -0.4 is 10.0 Å². The molecule has 0 spiro atoms. The molecule has 0 saturated heterocycles. The van der Waals surface area contributed by atoms with Crippen molar-refractivity contribution in [1.29, 1.82) is 0 Å². The molecule has 2 N–H and O–H groups in total. The summed E-state index contributed by atoms with van der Waals surface area (Å²) in [5.74, 6) is -0.285. The van der Waals surface area contributed by atoms with E-state index >= 15 is 0 Å². The van der Waals surface area contributed by atoms with Crippen LogP contribution >= 0.6 is 11.6 Å². The summed E-state index contributed by atoms with van der Waals surface area (Å²) in [5, 5.41) is 8.38. The number of nitrogens with one attached hydrogen (secondary N) is 2. The van der Waals surface area contributed by atoms with Crippen LogP contribution in [0.1, 0.15) is 29.9 Å². The van der Waals surface area contributed by atoms with E-state index in [0.29, 0.717) is 5.69 Å². The lowest BCUT2D eigenvalue weighted by Gasteiger charge is -2.16. The summed E-state index contributed by atoms with van der Waals surface area (Å²) in [7, 11) is -3.73. The Hall–Kier alpha value is -3.10. The van der Waals surface area contributed by atoms with E-state index in [4.69, 9.17) is 11.6 Å². The standard InChI is InChI=1S/C22H23ClN4O3S/c1-15-13-16(2)27(25-15)17(3)22(28)24-21-10-9-19(14-20(21)23)26-31(29,30)12-11-18-7-5-4-6-8-18/h4-14,17,26H,1-3H3,(H,24,28)/b12-11+. The van der Waals surface area contributed by atoms with Gasteiger partial charge < -0.3 is 5.32 Å². The highest BCUT2D eigenvalue weighted by molar-refractivity contribution is 7.95. The van der Waals surface area contributed by atoms with Crippen molar-refractivity contribution in [2.24, 2.45) is 0 Å². The highest BCUT2D eigenvalue weighted by Crippen LogP contribution is 2.27. The molecule has 0 bridgehead atoms. The van der Waals surface area contributed by atoms with Crippen LogP contribution in [0.4, 0.5) is 11.4 Å². The number of carbonyl (C=O) groups excluding carboxylic acids is 1. The Kier molecular flexibility index (Phi) is 6.82. The molecule has 1 atom stereocenters. The maximum Gasteiger partial charge on any atom is 0.255 e. The summed E-state index contributed by atoms with van der Waals surface area (Å²) in [6.45, 7) is 5.48. The Labute approximate surface area is 186 Å². The molecule has 1 unspecified atom stereocenters. The second-order valence-corrected chi connectivity index (χ2v) is 9.07. The Balaban J connectivity index is 1.69. The first-order chi connectivity index (χ1) is 14.6. The Morgan fingerprint density at radius 2 is 1.84 bits per heavy atom. The summed E-state index contributed by atoms with van der Waals surface area (Å²) in [6, 6.07) is 15.0. The molecule has 1 amide bonds. The van der Waals surface area contributed by atoms with Gasteiger partial charge in [-0.2, -0.15) is 5.10 Å². The molecule has 9 heteroatoms. The fourth-order valence-corrected chi connectivity index (χ4v) is 4.08. The van der Waals surface area contributed by atoms with E-state index in [1.165, 1.54) is 18.2 Å². The van der Waals surface area contributed by atoms with E-state index in [1.807, 2.05) is 38.1 Å². The fourth-order valence-electron chi connectivity index (χ4n) is 3.00. The van der Waals surface area contributed by atoms with Crippen molar-refractivity contribution >= 4 is 45.0 Å². The highest BCUT2D eigenvalue weighted by atomic mass is 35.5. The number of sulfonamides is 1. The van der Waals surface area contributed by atoms with E-state index in [0.717, 1.165) is 22.4 Å². The van der Waals surface area contributed by atoms with Gasteiger partial charge in [0.1, 0.15) is 6.04 Å². The second kappa shape index (κ2) is 9.36. The zero-order valence-electron chi connectivity index (χ0n) is 17.3. The van der Waals surface area contributed by atoms with Crippen molar-refractivity contribution in [3.05, 3.63) is 82.0 Å². The van der Waals surface area contributed by atoms with Gasteiger partial charge in [0.2, 0.25) is 5.91 Å². The number of amides is 1. The maximum absolute atomic E-state index is 12.6. The van der Waals surface area contributed by atoms with Crippen molar-refractivity contribution in [3.63, 3.8) is 0 Å². The summed E-state index contributed by atoms with van der Waals surface area (Å²) in [6.07, 6.45) is 1.50. The van der Waals surface area contributed by atoms with E-state index in [2.05, 4.69) is 15.1 Å². The molecular weight excluding hydrogens is 436 g/mol. The van der Waals surface area contributed by atoms with Gasteiger partial charge in [-0.3, -0.25) is 14.2 Å². The molecule has 31 heavy (non-hydrogen) atoms. The van der Waals surface area contributed by atoms with E-state index in [-0.39, 0.29) is 16.6 Å². The highest BCUT2D eigenvalue weighted by Gasteiger charge is 2.19. The smallest absolute Gasteiger partial charge is 0.255 e. The SMILES string of the molecule is Cc1cc(C)n(C(C)C(=O)Nc2ccc(NS(=O)(=O)/C=C/c3ccccc3)cc2Cl)n1. The Bertz CT molecular complexity index is 1220. The first-order valence-corrected chi connectivity index (χ1v) is 11.5. The predicted octanol–water partition coefficient (Wildman–Crippen LogP) is 4.77. The minimum atomic E-state index is -3.73. The third-order valence-corrected chi connectivity index (χ3v) is 5.84. The minimum Gasteiger partial charge on any atom is -0.323 e. The molecule has 1 heterocycles. The molecule has 2 aromatic carbocycles. The van der Waals surface area contributed by atoms with E-state index in [9.17, 15) is 13.2 Å². The minimum absolute atomic E-state index is 0.209. The average molecular weight is 459 g/mol. The van der Waals surface area contributed by atoms with Crippen molar-refractivity contribution in [1.82, 2.24) is 9.78 Å². The molecule has 3 aromatic rings. The quantitative estimate of drug-likeness (QED) is 0.533. The van der Waals surface area contributed by atoms with Gasteiger partial charge in [0.25, 0.3) is 10.0 Å². The monoisotopic (exact) mass is 458 g/mol. The molecule has 0 aliphatic carbocycles. The average Bonchev–Trinajstić information content (AvgIpc) is 3.06. The van der Waals surface area contributed by atoms with Crippen LogP contribution in [0, 0.1) is 13.8 Å². The van der Waals surface area contributed by atoms with Crippen LogP contribution in [0.25, 0.3) is 6.08 Å². The molecule has 0 radical (unpaired) electrons. The van der Waals surface area contributed by atoms with Crippen LogP contribution in [-0.4, -0.2) is 24.1 Å². The molecule has 1 aromatic heterocycles. The molecule has 0 saturated carbocycles. The molecule has 7 nitrogen and oxygen atoms in total. The summed E-state index contributed by atoms with van der Waals surface area (Å²) in [5.41, 5.74) is 3.13. The number of rotatable bonds is 7. The number of anilines is 2. The number of benzene rings is 2. The number of aryl methyl sites for hydroxylation is 2. The van der Waals surface area contributed by atoms with Gasteiger partial charge in [0.15, 0.2) is 0 Å². The second-order valence-electron chi connectivity index (χ2n) is 7.09. The molecule has 3 rings (SSSR count). The number of aromatic nitrogens is 2. The van der Waals surface area contributed by atoms with E-state index < -0.39 is 16.1 Å². The van der Waals surface area contributed by atoms with Gasteiger partial charge in [0.05, 0.1) is 27.5 Å². The predicted molar refractivity (Wildman–Crippen MR) is 125 cm³/mol. The maximum atomic E-state index is 12.6. The molecule has 0 aliphatic heterocycles. The number of hydrogen-bond donors (Lipinski definition) is 2. The number of halogens is 1. The summed E-state index contributed by atoms with van der Waals surface area (Å²) in [4.78, 5) is 12.6. The van der Waals surface area contributed by atoms with Gasteiger partial charge in [-0.15, -0.1) is 0 Å². The number of hydrogen-bond acceptors (Lipinski definition) is 4. The lowest BCUT2D eigenvalue weighted by Crippen LogP contribution is -2.25. The van der Waals surface area contributed by atoms with Gasteiger partial charge in [0, 0.05) is 5.69 Å². The summed E-state index contributed by atoms with van der Waals surface area (Å²) < 4.78 is 28.7. The Morgan fingerprint density at radius 1 is 1.13 bits per heavy atom. The first-order valence-electron chi connectivity index (χ1n) is 9.54. The van der Waals surface area contributed by atoms with Crippen LogP contribution in [0.3, 0.4) is 0 Å². The van der Waals surface area contributed by atoms with Crippen LogP contribution in [-0.2, 0) is 14.8 Å². The van der Waals surface area contributed by atoms with E-state index in [1.54, 1.807) is 29.8 Å². The zero-order valence-corrected chi connectivity index (χ0v) is 18.9. The fraction of sp³-hybridized carbons (Fsp3) is 0.182. The number of carbonyl (C=O) groups is 1. The van der Waals surface area contributed by atoms with Gasteiger partial charge in [-0.25, -0.2) is 8.42 Å². The topological polar surface area (TPSA) is 93.1 Å². The third kappa shape index (κ3) is 5.96.